The fourth-order valence-electron chi connectivity index (χ4n) is 0.654. The molecule has 66 valence electrons. The van der Waals surface area contributed by atoms with E-state index in [1.165, 1.54) is 0 Å². The van der Waals surface area contributed by atoms with Gasteiger partial charge in [0.05, 0.1) is 0 Å². The van der Waals surface area contributed by atoms with Crippen molar-refractivity contribution in [3.05, 3.63) is 23.0 Å². The summed E-state index contributed by atoms with van der Waals surface area (Å²) >= 11 is 0. The maximum absolute atomic E-state index is 10.6. The molecule has 0 amide bonds. The van der Waals surface area contributed by atoms with Crippen LogP contribution in [0.1, 0.15) is 0 Å². The second-order valence-electron chi connectivity index (χ2n) is 2.05. The van der Waals surface area contributed by atoms with Crippen molar-refractivity contribution in [2.75, 3.05) is 0 Å². The van der Waals surface area contributed by atoms with Crippen LogP contribution < -0.4 is 0 Å². The number of carbonyl (C=O) groups is 2. The molecule has 0 saturated carbocycles. The second-order valence-corrected chi connectivity index (χ2v) is 2.05. The van der Waals surface area contributed by atoms with Crippen molar-refractivity contribution in [1.82, 2.24) is 0 Å². The zero-order valence-corrected chi connectivity index (χ0v) is 13.9. The van der Waals surface area contributed by atoms with Crippen LogP contribution in [0.3, 0.4) is 0 Å². The predicted octanol–water partition coefficient (Wildman–Crippen LogP) is -0.968. The molecule has 4 N–H and O–H groups in total. The number of Topliss-reactive ketones (excluding diaryl/α,β-unsaturated/α-hetero) is 2. The van der Waals surface area contributed by atoms with Crippen molar-refractivity contribution in [3.8, 4) is 0 Å². The molecule has 0 heterocycles. The van der Waals surface area contributed by atoms with Gasteiger partial charge in [-0.25, -0.2) is 0 Å². The molecule has 0 atom stereocenters. The molecular weight excluding hydrogens is 246 g/mol. The van der Waals surface area contributed by atoms with E-state index in [2.05, 4.69) is 0 Å². The first-order valence-corrected chi connectivity index (χ1v) is 2.80. The maximum atomic E-state index is 10.6. The molecule has 0 spiro atoms. The normalized spacial score (nSPS) is 16.3. The number of aliphatic hydroxyl groups excluding tert-OH is 4. The molecular formula is C6H4K2O6. The molecule has 8 heteroatoms. The molecule has 1 aliphatic rings. The van der Waals surface area contributed by atoms with Gasteiger partial charge in [0.15, 0.2) is 0 Å². The number of rotatable bonds is 0. The summed E-state index contributed by atoms with van der Waals surface area (Å²) in [5.74, 6) is -7.84. The minimum absolute atomic E-state index is 0. The van der Waals surface area contributed by atoms with Crippen molar-refractivity contribution in [2.24, 2.45) is 0 Å². The molecule has 0 saturated heterocycles. The monoisotopic (exact) mass is 250 g/mol. The van der Waals surface area contributed by atoms with Gasteiger partial charge in [-0.3, -0.25) is 9.59 Å². The molecule has 0 aliphatic heterocycles. The summed E-state index contributed by atoms with van der Waals surface area (Å²) < 4.78 is 0. The van der Waals surface area contributed by atoms with Crippen LogP contribution in [0.15, 0.2) is 23.0 Å². The van der Waals surface area contributed by atoms with Gasteiger partial charge in [0, 0.05) is 103 Å². The Balaban J connectivity index is 0. The Morgan fingerprint density at radius 1 is 0.571 bits per heavy atom. The minimum Gasteiger partial charge on any atom is -0.501 e. The SMILES string of the molecule is O=C1C(O)=C(O)C(=O)C(O)=C1O.[K].[K]. The maximum Gasteiger partial charge on any atom is 0.269 e. The Kier molecular flexibility index (Phi) is 8.57. The summed E-state index contributed by atoms with van der Waals surface area (Å²) in [6.07, 6.45) is 0. The Labute approximate surface area is 164 Å². The van der Waals surface area contributed by atoms with Gasteiger partial charge < -0.3 is 20.4 Å². The van der Waals surface area contributed by atoms with E-state index >= 15 is 0 Å². The third kappa shape index (κ3) is 3.14. The first kappa shape index (κ1) is 17.7. The van der Waals surface area contributed by atoms with Gasteiger partial charge in [0.2, 0.25) is 23.0 Å². The summed E-state index contributed by atoms with van der Waals surface area (Å²) in [4.78, 5) is 21.2. The van der Waals surface area contributed by atoms with E-state index in [9.17, 15) is 9.59 Å². The van der Waals surface area contributed by atoms with Crippen LogP contribution in [0.4, 0.5) is 0 Å². The molecule has 0 bridgehead atoms. The van der Waals surface area contributed by atoms with Gasteiger partial charge in [-0.15, -0.1) is 0 Å². The molecule has 1 aliphatic carbocycles. The van der Waals surface area contributed by atoms with Crippen LogP contribution in [0.25, 0.3) is 0 Å². The van der Waals surface area contributed by atoms with Crippen molar-refractivity contribution in [1.29, 1.82) is 0 Å². The Morgan fingerprint density at radius 2 is 0.714 bits per heavy atom. The summed E-state index contributed by atoms with van der Waals surface area (Å²) in [6, 6.07) is 0. The van der Waals surface area contributed by atoms with Crippen LogP contribution in [0.2, 0.25) is 0 Å². The van der Waals surface area contributed by atoms with Crippen molar-refractivity contribution >= 4 is 114 Å². The number of carbonyl (C=O) groups excluding carboxylic acids is 2. The molecule has 2 radical (unpaired) electrons. The van der Waals surface area contributed by atoms with Gasteiger partial charge in [-0.05, 0) is 0 Å². The topological polar surface area (TPSA) is 115 Å². The predicted molar refractivity (Wildman–Crippen MR) is 46.1 cm³/mol. The Morgan fingerprint density at radius 3 is 0.857 bits per heavy atom. The number of hydrogen-bond acceptors (Lipinski definition) is 6. The summed E-state index contributed by atoms with van der Waals surface area (Å²) in [6.45, 7) is 0. The average Bonchev–Trinajstić information content (AvgIpc) is 2.08. The Hall–Kier alpha value is 1.29. The Bertz CT molecular complexity index is 280. The van der Waals surface area contributed by atoms with Crippen molar-refractivity contribution < 1.29 is 30.0 Å². The van der Waals surface area contributed by atoms with Gasteiger partial charge >= 0.3 is 0 Å². The fourth-order valence-corrected chi connectivity index (χ4v) is 0.654. The number of hydrogen-bond donors (Lipinski definition) is 4. The van der Waals surface area contributed by atoms with Crippen molar-refractivity contribution in [3.63, 3.8) is 0 Å². The average molecular weight is 250 g/mol. The number of ketones is 2. The summed E-state index contributed by atoms with van der Waals surface area (Å²) in [5.41, 5.74) is 0. The van der Waals surface area contributed by atoms with E-state index in [1.807, 2.05) is 0 Å². The van der Waals surface area contributed by atoms with Gasteiger partial charge in [-0.2, -0.15) is 0 Å². The molecule has 0 aromatic carbocycles. The van der Waals surface area contributed by atoms with Crippen LogP contribution in [-0.4, -0.2) is 135 Å². The van der Waals surface area contributed by atoms with Crippen LogP contribution in [0, 0.1) is 0 Å². The van der Waals surface area contributed by atoms with Gasteiger partial charge in [0.25, 0.3) is 11.6 Å². The molecule has 0 aromatic heterocycles. The molecule has 0 aromatic rings. The largest absolute Gasteiger partial charge is 0.501 e. The second kappa shape index (κ2) is 6.79. The molecule has 6 nitrogen and oxygen atoms in total. The third-order valence-electron chi connectivity index (χ3n) is 1.31. The van der Waals surface area contributed by atoms with E-state index < -0.39 is 34.6 Å². The van der Waals surface area contributed by atoms with Crippen molar-refractivity contribution in [2.45, 2.75) is 0 Å². The first-order chi connectivity index (χ1) is 5.46. The van der Waals surface area contributed by atoms with E-state index in [4.69, 9.17) is 20.4 Å². The van der Waals surface area contributed by atoms with Crippen LogP contribution >= 0.6 is 0 Å². The van der Waals surface area contributed by atoms with E-state index in [1.54, 1.807) is 0 Å². The zero-order valence-electron chi connectivity index (χ0n) is 7.61. The van der Waals surface area contributed by atoms with Gasteiger partial charge in [-0.1, -0.05) is 0 Å². The smallest absolute Gasteiger partial charge is 0.269 e. The van der Waals surface area contributed by atoms with Crippen LogP contribution in [0.5, 0.6) is 0 Å². The molecule has 1 rings (SSSR count). The molecule has 0 fully saturated rings. The van der Waals surface area contributed by atoms with E-state index in [0.717, 1.165) is 0 Å². The third-order valence-corrected chi connectivity index (χ3v) is 1.31. The zero-order chi connectivity index (χ0) is 9.46. The minimum atomic E-state index is -1.38. The molecule has 14 heavy (non-hydrogen) atoms. The first-order valence-electron chi connectivity index (χ1n) is 2.80. The quantitative estimate of drug-likeness (QED) is 0.325. The standard InChI is InChI=1S/C6H4O6.2K/c7-1-2(8)4(10)6(12)5(11)3(1)9;;/h7-8,11-12H;;. The van der Waals surface area contributed by atoms with E-state index in [-0.39, 0.29) is 103 Å². The fraction of sp³-hybridized carbons (Fsp3) is 0. The van der Waals surface area contributed by atoms with Gasteiger partial charge in [0.1, 0.15) is 0 Å². The summed E-state index contributed by atoms with van der Waals surface area (Å²) in [5, 5.41) is 34.6. The van der Waals surface area contributed by atoms with Crippen LogP contribution in [-0.2, 0) is 9.59 Å². The van der Waals surface area contributed by atoms with E-state index in [0.29, 0.717) is 0 Å². The summed E-state index contributed by atoms with van der Waals surface area (Å²) in [7, 11) is 0. The molecule has 0 unspecified atom stereocenters. The number of aliphatic hydroxyl groups is 4.